The third kappa shape index (κ3) is 2.56. The van der Waals surface area contributed by atoms with Crippen LogP contribution in [-0.2, 0) is 0 Å². The Kier molecular flexibility index (Phi) is 3.13. The molecule has 0 unspecified atom stereocenters. The second-order valence-electron chi connectivity index (χ2n) is 4.34. The van der Waals surface area contributed by atoms with Crippen LogP contribution < -0.4 is 5.43 Å². The van der Waals surface area contributed by atoms with E-state index in [9.17, 15) is 4.79 Å². The van der Waals surface area contributed by atoms with Crippen molar-refractivity contribution >= 4 is 22.7 Å². The van der Waals surface area contributed by atoms with Crippen LogP contribution in [0.4, 0.5) is 0 Å². The van der Waals surface area contributed by atoms with Gasteiger partial charge in [0.05, 0.1) is 5.39 Å². The van der Waals surface area contributed by atoms with Crippen LogP contribution in [0.1, 0.15) is 5.56 Å². The first kappa shape index (κ1) is 12.1. The Labute approximate surface area is 115 Å². The van der Waals surface area contributed by atoms with E-state index >= 15 is 0 Å². The van der Waals surface area contributed by atoms with E-state index in [2.05, 4.69) is 0 Å². The molecule has 0 bridgehead atoms. The zero-order valence-corrected chi connectivity index (χ0v) is 11.2. The minimum absolute atomic E-state index is 0.00328. The van der Waals surface area contributed by atoms with Crippen molar-refractivity contribution in [3.8, 4) is 0 Å². The molecule has 0 saturated carbocycles. The summed E-state index contributed by atoms with van der Waals surface area (Å²) in [5.74, 6) is 0. The van der Waals surface area contributed by atoms with Gasteiger partial charge in [-0.05, 0) is 31.2 Å². The van der Waals surface area contributed by atoms with Crippen molar-refractivity contribution in [2.45, 2.75) is 16.9 Å². The molecule has 0 atom stereocenters. The molecule has 94 valence electrons. The third-order valence-electron chi connectivity index (χ3n) is 2.85. The van der Waals surface area contributed by atoms with Crippen LogP contribution in [0, 0.1) is 6.92 Å². The summed E-state index contributed by atoms with van der Waals surface area (Å²) in [5, 5.41) is 1.24. The SMILES string of the molecule is Cc1ccc(Sc2cc(=O)c3ccccc3o2)cc1. The van der Waals surface area contributed by atoms with Gasteiger partial charge in [-0.2, -0.15) is 0 Å². The highest BCUT2D eigenvalue weighted by Crippen LogP contribution is 2.28. The fourth-order valence-electron chi connectivity index (χ4n) is 1.85. The van der Waals surface area contributed by atoms with Gasteiger partial charge >= 0.3 is 0 Å². The normalized spacial score (nSPS) is 10.8. The standard InChI is InChI=1S/C16H12O2S/c1-11-6-8-12(9-7-11)19-16-10-14(17)13-4-2-3-5-15(13)18-16/h2-10H,1H3. The molecule has 0 spiro atoms. The second-order valence-corrected chi connectivity index (χ2v) is 5.42. The number of fused-ring (bicyclic) bond motifs is 1. The molecule has 0 amide bonds. The Bertz CT molecular complexity index is 773. The van der Waals surface area contributed by atoms with Crippen LogP contribution in [0.3, 0.4) is 0 Å². The Hall–Kier alpha value is -2.00. The molecule has 0 radical (unpaired) electrons. The first-order valence-electron chi connectivity index (χ1n) is 6.00. The molecule has 19 heavy (non-hydrogen) atoms. The van der Waals surface area contributed by atoms with E-state index in [-0.39, 0.29) is 5.43 Å². The maximum Gasteiger partial charge on any atom is 0.193 e. The lowest BCUT2D eigenvalue weighted by molar-refractivity contribution is 0.500. The van der Waals surface area contributed by atoms with Crippen LogP contribution in [0.5, 0.6) is 0 Å². The van der Waals surface area contributed by atoms with Gasteiger partial charge in [-0.15, -0.1) is 0 Å². The molecule has 0 fully saturated rings. The topological polar surface area (TPSA) is 30.2 Å². The van der Waals surface area contributed by atoms with Crippen molar-refractivity contribution in [3.63, 3.8) is 0 Å². The Balaban J connectivity index is 2.01. The van der Waals surface area contributed by atoms with Crippen molar-refractivity contribution in [2.24, 2.45) is 0 Å². The van der Waals surface area contributed by atoms with Gasteiger partial charge in [-0.25, -0.2) is 0 Å². The molecule has 3 rings (SSSR count). The smallest absolute Gasteiger partial charge is 0.193 e. The summed E-state index contributed by atoms with van der Waals surface area (Å²) in [4.78, 5) is 13.0. The molecule has 0 saturated heterocycles. The van der Waals surface area contributed by atoms with E-state index in [0.29, 0.717) is 16.1 Å². The number of para-hydroxylation sites is 1. The van der Waals surface area contributed by atoms with E-state index in [4.69, 9.17) is 4.42 Å². The van der Waals surface area contributed by atoms with E-state index in [1.54, 1.807) is 12.1 Å². The highest BCUT2D eigenvalue weighted by molar-refractivity contribution is 7.99. The summed E-state index contributed by atoms with van der Waals surface area (Å²) in [5.41, 5.74) is 1.84. The molecule has 0 N–H and O–H groups in total. The van der Waals surface area contributed by atoms with E-state index in [0.717, 1.165) is 4.90 Å². The lowest BCUT2D eigenvalue weighted by Gasteiger charge is -2.03. The third-order valence-corrected chi connectivity index (χ3v) is 3.76. The summed E-state index contributed by atoms with van der Waals surface area (Å²) < 4.78 is 5.74. The maximum atomic E-state index is 12.0. The van der Waals surface area contributed by atoms with Crippen LogP contribution in [0.15, 0.2) is 73.8 Å². The minimum Gasteiger partial charge on any atom is -0.449 e. The Morgan fingerprint density at radius 1 is 1.00 bits per heavy atom. The molecule has 2 nitrogen and oxygen atoms in total. The molecular weight excluding hydrogens is 256 g/mol. The zero-order valence-electron chi connectivity index (χ0n) is 10.4. The predicted octanol–water partition coefficient (Wildman–Crippen LogP) is 4.25. The number of aryl methyl sites for hydroxylation is 1. The molecule has 0 aliphatic carbocycles. The van der Waals surface area contributed by atoms with Gasteiger partial charge in [0.1, 0.15) is 5.58 Å². The maximum absolute atomic E-state index is 12.0. The average molecular weight is 268 g/mol. The zero-order chi connectivity index (χ0) is 13.2. The summed E-state index contributed by atoms with van der Waals surface area (Å²) in [7, 11) is 0. The number of hydrogen-bond acceptors (Lipinski definition) is 3. The quantitative estimate of drug-likeness (QED) is 0.696. The van der Waals surface area contributed by atoms with Gasteiger partial charge in [-0.1, -0.05) is 41.6 Å². The monoisotopic (exact) mass is 268 g/mol. The fraction of sp³-hybridized carbons (Fsp3) is 0.0625. The minimum atomic E-state index is -0.00328. The van der Waals surface area contributed by atoms with Crippen molar-refractivity contribution in [1.29, 1.82) is 0 Å². The van der Waals surface area contributed by atoms with Crippen molar-refractivity contribution in [1.82, 2.24) is 0 Å². The predicted molar refractivity (Wildman–Crippen MR) is 77.8 cm³/mol. The highest BCUT2D eigenvalue weighted by atomic mass is 32.2. The summed E-state index contributed by atoms with van der Waals surface area (Å²) >= 11 is 1.46. The fourth-order valence-corrected chi connectivity index (χ4v) is 2.66. The van der Waals surface area contributed by atoms with Gasteiger partial charge in [-0.3, -0.25) is 4.79 Å². The van der Waals surface area contributed by atoms with Gasteiger partial charge in [0.15, 0.2) is 10.5 Å². The van der Waals surface area contributed by atoms with Crippen LogP contribution >= 0.6 is 11.8 Å². The molecular formula is C16H12O2S. The van der Waals surface area contributed by atoms with Crippen molar-refractivity contribution < 1.29 is 4.42 Å². The molecule has 2 aromatic carbocycles. The molecule has 0 aliphatic rings. The van der Waals surface area contributed by atoms with Gasteiger partial charge in [0.2, 0.25) is 0 Å². The molecule has 1 aromatic heterocycles. The summed E-state index contributed by atoms with van der Waals surface area (Å²) in [6, 6.07) is 17.0. The summed E-state index contributed by atoms with van der Waals surface area (Å²) in [6.07, 6.45) is 0. The second kappa shape index (κ2) is 4.94. The molecule has 3 aromatic rings. The van der Waals surface area contributed by atoms with E-state index in [1.807, 2.05) is 49.4 Å². The first-order valence-corrected chi connectivity index (χ1v) is 6.81. The highest BCUT2D eigenvalue weighted by Gasteiger charge is 2.05. The molecule has 0 aliphatic heterocycles. The first-order chi connectivity index (χ1) is 9.22. The summed E-state index contributed by atoms with van der Waals surface area (Å²) in [6.45, 7) is 2.05. The lowest BCUT2D eigenvalue weighted by Crippen LogP contribution is -1.99. The van der Waals surface area contributed by atoms with Crippen LogP contribution in [0.2, 0.25) is 0 Å². The molecule has 3 heteroatoms. The number of benzene rings is 2. The van der Waals surface area contributed by atoms with Crippen LogP contribution in [-0.4, -0.2) is 0 Å². The van der Waals surface area contributed by atoms with Gasteiger partial charge in [0.25, 0.3) is 0 Å². The van der Waals surface area contributed by atoms with Crippen molar-refractivity contribution in [3.05, 3.63) is 70.4 Å². The Morgan fingerprint density at radius 2 is 1.74 bits per heavy atom. The Morgan fingerprint density at radius 3 is 2.53 bits per heavy atom. The number of hydrogen-bond donors (Lipinski definition) is 0. The van der Waals surface area contributed by atoms with E-state index in [1.165, 1.54) is 17.3 Å². The largest absolute Gasteiger partial charge is 0.449 e. The van der Waals surface area contributed by atoms with Crippen LogP contribution in [0.25, 0.3) is 11.0 Å². The van der Waals surface area contributed by atoms with Gasteiger partial charge in [0, 0.05) is 11.0 Å². The average Bonchev–Trinajstić information content (AvgIpc) is 2.42. The van der Waals surface area contributed by atoms with Crippen molar-refractivity contribution in [2.75, 3.05) is 0 Å². The number of rotatable bonds is 2. The van der Waals surface area contributed by atoms with E-state index < -0.39 is 0 Å². The molecule has 1 heterocycles. The lowest BCUT2D eigenvalue weighted by atomic mass is 10.2. The van der Waals surface area contributed by atoms with Gasteiger partial charge < -0.3 is 4.42 Å².